The SMILES string of the molecule is CC1(C)CN(CC(O)COCc2cccs2)CCS1. The number of rotatable bonds is 6. The Morgan fingerprint density at radius 3 is 3.05 bits per heavy atom. The molecule has 1 aromatic heterocycles. The number of ether oxygens (including phenoxy) is 1. The number of hydrogen-bond acceptors (Lipinski definition) is 5. The van der Waals surface area contributed by atoms with Gasteiger partial charge in [-0.05, 0) is 25.3 Å². The lowest BCUT2D eigenvalue weighted by Crippen LogP contribution is -2.46. The van der Waals surface area contributed by atoms with E-state index >= 15 is 0 Å². The van der Waals surface area contributed by atoms with Crippen molar-refractivity contribution in [2.45, 2.75) is 31.3 Å². The van der Waals surface area contributed by atoms with Crippen LogP contribution in [0.25, 0.3) is 0 Å². The molecular weight excluding hydrogens is 278 g/mol. The minimum absolute atomic E-state index is 0.301. The lowest BCUT2D eigenvalue weighted by Gasteiger charge is -2.38. The molecule has 0 radical (unpaired) electrons. The number of nitrogens with zero attached hydrogens (tertiary/aromatic N) is 1. The third kappa shape index (κ3) is 5.44. The Balaban J connectivity index is 1.65. The molecule has 0 amide bonds. The second kappa shape index (κ2) is 7.09. The fourth-order valence-electron chi connectivity index (χ4n) is 2.31. The molecule has 1 unspecified atom stereocenters. The minimum atomic E-state index is -0.390. The van der Waals surface area contributed by atoms with Gasteiger partial charge in [-0.2, -0.15) is 11.8 Å². The van der Waals surface area contributed by atoms with Gasteiger partial charge in [0.25, 0.3) is 0 Å². The third-order valence-corrected chi connectivity index (χ3v) is 5.26. The van der Waals surface area contributed by atoms with Gasteiger partial charge < -0.3 is 9.84 Å². The maximum absolute atomic E-state index is 10.0. The number of aliphatic hydroxyl groups is 1. The summed E-state index contributed by atoms with van der Waals surface area (Å²) in [4.78, 5) is 3.55. The van der Waals surface area contributed by atoms with Crippen LogP contribution in [0.15, 0.2) is 17.5 Å². The largest absolute Gasteiger partial charge is 0.389 e. The van der Waals surface area contributed by atoms with Crippen LogP contribution in [0.3, 0.4) is 0 Å². The summed E-state index contributed by atoms with van der Waals surface area (Å²) < 4.78 is 5.86. The molecule has 0 spiro atoms. The molecule has 1 N–H and O–H groups in total. The van der Waals surface area contributed by atoms with Crippen molar-refractivity contribution in [3.8, 4) is 0 Å². The van der Waals surface area contributed by atoms with E-state index in [1.54, 1.807) is 11.3 Å². The van der Waals surface area contributed by atoms with Crippen LogP contribution in [0.4, 0.5) is 0 Å². The summed E-state index contributed by atoms with van der Waals surface area (Å²) in [5.74, 6) is 1.15. The fourth-order valence-corrected chi connectivity index (χ4v) is 4.13. The number of thiophene rings is 1. The van der Waals surface area contributed by atoms with Gasteiger partial charge in [0, 0.05) is 35.0 Å². The molecule has 2 rings (SSSR count). The number of aliphatic hydroxyl groups excluding tert-OH is 1. The quantitative estimate of drug-likeness (QED) is 0.875. The van der Waals surface area contributed by atoms with Gasteiger partial charge in [0.05, 0.1) is 19.3 Å². The molecule has 1 fully saturated rings. The lowest BCUT2D eigenvalue weighted by molar-refractivity contribution is 0.0101. The Morgan fingerprint density at radius 1 is 1.53 bits per heavy atom. The zero-order valence-electron chi connectivity index (χ0n) is 11.7. The fraction of sp³-hybridized carbons (Fsp3) is 0.714. The molecular formula is C14H23NO2S2. The van der Waals surface area contributed by atoms with Gasteiger partial charge >= 0.3 is 0 Å². The van der Waals surface area contributed by atoms with Gasteiger partial charge in [0.1, 0.15) is 0 Å². The van der Waals surface area contributed by atoms with E-state index in [0.29, 0.717) is 24.5 Å². The minimum Gasteiger partial charge on any atom is -0.389 e. The molecule has 0 saturated carbocycles. The zero-order valence-corrected chi connectivity index (χ0v) is 13.3. The second-order valence-corrected chi connectivity index (χ2v) is 8.43. The highest BCUT2D eigenvalue weighted by Gasteiger charge is 2.27. The molecule has 0 aliphatic carbocycles. The van der Waals surface area contributed by atoms with Crippen LogP contribution >= 0.6 is 23.1 Å². The topological polar surface area (TPSA) is 32.7 Å². The molecule has 1 aliphatic heterocycles. The first-order valence-corrected chi connectivity index (χ1v) is 8.56. The van der Waals surface area contributed by atoms with Crippen molar-refractivity contribution in [1.82, 2.24) is 4.90 Å². The van der Waals surface area contributed by atoms with Crippen molar-refractivity contribution < 1.29 is 9.84 Å². The molecule has 2 heterocycles. The molecule has 1 atom stereocenters. The first-order chi connectivity index (χ1) is 9.05. The normalized spacial score (nSPS) is 21.4. The van der Waals surface area contributed by atoms with Crippen LogP contribution in [0, 0.1) is 0 Å². The number of thioether (sulfide) groups is 1. The molecule has 5 heteroatoms. The summed E-state index contributed by atoms with van der Waals surface area (Å²) in [6.45, 7) is 8.38. The highest BCUT2D eigenvalue weighted by Crippen LogP contribution is 2.29. The summed E-state index contributed by atoms with van der Waals surface area (Å²) in [5.41, 5.74) is 0. The van der Waals surface area contributed by atoms with Crippen LogP contribution in [0.5, 0.6) is 0 Å². The number of hydrogen-bond donors (Lipinski definition) is 1. The van der Waals surface area contributed by atoms with Gasteiger partial charge in [-0.25, -0.2) is 0 Å². The molecule has 1 aromatic rings. The van der Waals surface area contributed by atoms with Crippen LogP contribution < -0.4 is 0 Å². The molecule has 1 saturated heterocycles. The molecule has 0 aromatic carbocycles. The zero-order chi connectivity index (χ0) is 13.7. The van der Waals surface area contributed by atoms with E-state index < -0.39 is 0 Å². The predicted molar refractivity (Wildman–Crippen MR) is 83.0 cm³/mol. The highest BCUT2D eigenvalue weighted by molar-refractivity contribution is 8.00. The van der Waals surface area contributed by atoms with E-state index in [4.69, 9.17) is 4.74 Å². The van der Waals surface area contributed by atoms with E-state index in [-0.39, 0.29) is 6.10 Å². The summed E-state index contributed by atoms with van der Waals surface area (Å²) in [6, 6.07) is 4.08. The maximum atomic E-state index is 10.0. The summed E-state index contributed by atoms with van der Waals surface area (Å²) in [7, 11) is 0. The predicted octanol–water partition coefficient (Wildman–Crippen LogP) is 2.45. The monoisotopic (exact) mass is 301 g/mol. The van der Waals surface area contributed by atoms with Crippen molar-refractivity contribution in [2.24, 2.45) is 0 Å². The molecule has 108 valence electrons. The van der Waals surface area contributed by atoms with Crippen molar-refractivity contribution in [3.05, 3.63) is 22.4 Å². The Hall–Kier alpha value is -0.0700. The lowest BCUT2D eigenvalue weighted by atomic mass is 10.1. The van der Waals surface area contributed by atoms with Gasteiger partial charge in [0.2, 0.25) is 0 Å². The Morgan fingerprint density at radius 2 is 2.37 bits per heavy atom. The summed E-state index contributed by atoms with van der Waals surface area (Å²) in [5, 5.41) is 12.1. The first kappa shape index (κ1) is 15.3. The van der Waals surface area contributed by atoms with Gasteiger partial charge in [0.15, 0.2) is 0 Å². The average molecular weight is 301 g/mol. The van der Waals surface area contributed by atoms with Crippen LogP contribution in [-0.4, -0.2) is 52.9 Å². The third-order valence-electron chi connectivity index (χ3n) is 3.11. The van der Waals surface area contributed by atoms with E-state index in [0.717, 1.165) is 18.8 Å². The van der Waals surface area contributed by atoms with E-state index in [1.165, 1.54) is 4.88 Å². The molecule has 3 nitrogen and oxygen atoms in total. The molecule has 1 aliphatic rings. The maximum Gasteiger partial charge on any atom is 0.0900 e. The van der Waals surface area contributed by atoms with Crippen molar-refractivity contribution in [3.63, 3.8) is 0 Å². The Labute approximate surface area is 124 Å². The van der Waals surface area contributed by atoms with Crippen molar-refractivity contribution in [2.75, 3.05) is 32.0 Å². The van der Waals surface area contributed by atoms with E-state index in [1.807, 2.05) is 23.2 Å². The summed E-state index contributed by atoms with van der Waals surface area (Å²) in [6.07, 6.45) is -0.390. The first-order valence-electron chi connectivity index (χ1n) is 6.70. The second-order valence-electron chi connectivity index (χ2n) is 5.59. The molecule has 19 heavy (non-hydrogen) atoms. The van der Waals surface area contributed by atoms with Crippen LogP contribution in [0.2, 0.25) is 0 Å². The van der Waals surface area contributed by atoms with Gasteiger partial charge in [-0.1, -0.05) is 6.07 Å². The van der Waals surface area contributed by atoms with Crippen LogP contribution in [-0.2, 0) is 11.3 Å². The standard InChI is InChI=1S/C14H23NO2S2/c1-14(2)11-15(5-7-19-14)8-12(16)9-17-10-13-4-3-6-18-13/h3-4,6,12,16H,5,7-11H2,1-2H3. The number of β-amino-alcohol motifs (C(OH)–C–C–N with tert-alkyl or cyclic N) is 1. The molecule has 0 bridgehead atoms. The Kier molecular flexibility index (Phi) is 5.71. The average Bonchev–Trinajstić information content (AvgIpc) is 2.80. The van der Waals surface area contributed by atoms with Crippen LogP contribution in [0.1, 0.15) is 18.7 Å². The van der Waals surface area contributed by atoms with E-state index in [2.05, 4.69) is 24.8 Å². The van der Waals surface area contributed by atoms with Crippen molar-refractivity contribution >= 4 is 23.1 Å². The highest BCUT2D eigenvalue weighted by atomic mass is 32.2. The van der Waals surface area contributed by atoms with E-state index in [9.17, 15) is 5.11 Å². The summed E-state index contributed by atoms with van der Waals surface area (Å²) >= 11 is 3.70. The Bertz CT molecular complexity index is 368. The van der Waals surface area contributed by atoms with Gasteiger partial charge in [-0.3, -0.25) is 4.90 Å². The van der Waals surface area contributed by atoms with Gasteiger partial charge in [-0.15, -0.1) is 11.3 Å². The smallest absolute Gasteiger partial charge is 0.0900 e. The van der Waals surface area contributed by atoms with Crippen molar-refractivity contribution in [1.29, 1.82) is 0 Å².